The maximum atomic E-state index is 12.5. The SMILES string of the molecule is N#CCCN1CCCC(C(=O)N2CCN(C=O)CC2)C1. The summed E-state index contributed by atoms with van der Waals surface area (Å²) in [6.07, 6.45) is 3.34. The number of likely N-dealkylation sites (tertiary alicyclic amines) is 1. The van der Waals surface area contributed by atoms with Crippen LogP contribution >= 0.6 is 0 Å². The number of carbonyl (C=O) groups is 2. The molecule has 0 N–H and O–H groups in total. The number of piperazine rings is 1. The van der Waals surface area contributed by atoms with Gasteiger partial charge in [-0.2, -0.15) is 5.26 Å². The molecule has 110 valence electrons. The van der Waals surface area contributed by atoms with Crippen molar-refractivity contribution in [3.8, 4) is 6.07 Å². The van der Waals surface area contributed by atoms with E-state index < -0.39 is 0 Å². The predicted octanol–water partition coefficient (Wildman–Crippen LogP) is -0.0873. The minimum Gasteiger partial charge on any atom is -0.342 e. The number of hydrogen-bond donors (Lipinski definition) is 0. The van der Waals surface area contributed by atoms with E-state index in [1.165, 1.54) is 0 Å². The number of rotatable bonds is 4. The Bertz CT molecular complexity index is 385. The normalized spacial score (nSPS) is 24.2. The highest BCUT2D eigenvalue weighted by molar-refractivity contribution is 5.79. The summed E-state index contributed by atoms with van der Waals surface area (Å²) in [6.45, 7) is 5.09. The first-order valence-electron chi connectivity index (χ1n) is 7.32. The minimum absolute atomic E-state index is 0.0604. The van der Waals surface area contributed by atoms with Crippen LogP contribution in [0.3, 0.4) is 0 Å². The highest BCUT2D eigenvalue weighted by atomic mass is 16.2. The Morgan fingerprint density at radius 2 is 2.00 bits per heavy atom. The standard InChI is InChI=1S/C14H22N4O2/c15-4-2-6-16-5-1-3-13(11-16)14(20)18-9-7-17(12-19)8-10-18/h12-13H,1-3,5-11H2. The average molecular weight is 278 g/mol. The molecule has 1 atom stereocenters. The lowest BCUT2D eigenvalue weighted by molar-refractivity contribution is -0.140. The molecule has 0 radical (unpaired) electrons. The first-order valence-corrected chi connectivity index (χ1v) is 7.32. The lowest BCUT2D eigenvalue weighted by Crippen LogP contribution is -2.52. The molecular formula is C14H22N4O2. The highest BCUT2D eigenvalue weighted by Crippen LogP contribution is 2.19. The van der Waals surface area contributed by atoms with Crippen molar-refractivity contribution in [2.45, 2.75) is 19.3 Å². The van der Waals surface area contributed by atoms with E-state index in [0.29, 0.717) is 32.6 Å². The number of carbonyl (C=O) groups excluding carboxylic acids is 2. The molecule has 1 unspecified atom stereocenters. The minimum atomic E-state index is 0.0604. The molecule has 0 bridgehead atoms. The molecule has 6 nitrogen and oxygen atoms in total. The number of hydrogen-bond acceptors (Lipinski definition) is 4. The third kappa shape index (κ3) is 3.70. The van der Waals surface area contributed by atoms with Gasteiger partial charge in [0, 0.05) is 45.7 Å². The molecule has 2 amide bonds. The van der Waals surface area contributed by atoms with Gasteiger partial charge < -0.3 is 14.7 Å². The Morgan fingerprint density at radius 1 is 1.25 bits per heavy atom. The molecule has 0 aromatic carbocycles. The number of nitriles is 1. The quantitative estimate of drug-likeness (QED) is 0.674. The van der Waals surface area contributed by atoms with Crippen molar-refractivity contribution < 1.29 is 9.59 Å². The lowest BCUT2D eigenvalue weighted by Gasteiger charge is -2.38. The maximum Gasteiger partial charge on any atom is 0.227 e. The van der Waals surface area contributed by atoms with Crippen molar-refractivity contribution in [2.75, 3.05) is 45.8 Å². The van der Waals surface area contributed by atoms with Crippen LogP contribution in [0.1, 0.15) is 19.3 Å². The van der Waals surface area contributed by atoms with Gasteiger partial charge in [-0.1, -0.05) is 0 Å². The summed E-state index contributed by atoms with van der Waals surface area (Å²) < 4.78 is 0. The van der Waals surface area contributed by atoms with Crippen LogP contribution in [0.2, 0.25) is 0 Å². The molecule has 0 saturated carbocycles. The number of amides is 2. The van der Waals surface area contributed by atoms with E-state index in [4.69, 9.17) is 5.26 Å². The fraction of sp³-hybridized carbons (Fsp3) is 0.786. The second-order valence-electron chi connectivity index (χ2n) is 5.51. The van der Waals surface area contributed by atoms with Crippen LogP contribution in [0, 0.1) is 17.2 Å². The van der Waals surface area contributed by atoms with Crippen LogP contribution in [-0.4, -0.2) is 72.8 Å². The van der Waals surface area contributed by atoms with E-state index in [2.05, 4.69) is 11.0 Å². The van der Waals surface area contributed by atoms with Crippen molar-refractivity contribution in [3.05, 3.63) is 0 Å². The summed E-state index contributed by atoms with van der Waals surface area (Å²) in [5.41, 5.74) is 0. The highest BCUT2D eigenvalue weighted by Gasteiger charge is 2.30. The summed E-state index contributed by atoms with van der Waals surface area (Å²) in [4.78, 5) is 29.0. The third-order valence-electron chi connectivity index (χ3n) is 4.17. The summed E-state index contributed by atoms with van der Waals surface area (Å²) in [7, 11) is 0. The van der Waals surface area contributed by atoms with Crippen molar-refractivity contribution >= 4 is 12.3 Å². The van der Waals surface area contributed by atoms with Gasteiger partial charge in [0.2, 0.25) is 12.3 Å². The summed E-state index contributed by atoms with van der Waals surface area (Å²) in [5.74, 6) is 0.280. The van der Waals surface area contributed by atoms with Gasteiger partial charge in [-0.3, -0.25) is 9.59 Å². The van der Waals surface area contributed by atoms with Crippen LogP contribution < -0.4 is 0 Å². The Kier molecular flexibility index (Phi) is 5.36. The number of piperidine rings is 1. The zero-order chi connectivity index (χ0) is 14.4. The van der Waals surface area contributed by atoms with Gasteiger partial charge in [-0.15, -0.1) is 0 Å². The largest absolute Gasteiger partial charge is 0.342 e. The molecule has 2 aliphatic rings. The fourth-order valence-corrected chi connectivity index (χ4v) is 2.97. The fourth-order valence-electron chi connectivity index (χ4n) is 2.97. The second-order valence-corrected chi connectivity index (χ2v) is 5.51. The lowest BCUT2D eigenvalue weighted by atomic mass is 9.96. The topological polar surface area (TPSA) is 67.7 Å². The molecule has 20 heavy (non-hydrogen) atoms. The van der Waals surface area contributed by atoms with Gasteiger partial charge in [0.1, 0.15) is 0 Å². The van der Waals surface area contributed by atoms with Crippen LogP contribution in [0.25, 0.3) is 0 Å². The maximum absolute atomic E-state index is 12.5. The molecule has 2 heterocycles. The van der Waals surface area contributed by atoms with E-state index in [1.54, 1.807) is 4.90 Å². The van der Waals surface area contributed by atoms with Crippen LogP contribution in [0.5, 0.6) is 0 Å². The monoisotopic (exact) mass is 278 g/mol. The zero-order valence-electron chi connectivity index (χ0n) is 11.8. The smallest absolute Gasteiger partial charge is 0.227 e. The van der Waals surface area contributed by atoms with E-state index in [-0.39, 0.29) is 11.8 Å². The van der Waals surface area contributed by atoms with Gasteiger partial charge in [-0.05, 0) is 19.4 Å². The zero-order valence-corrected chi connectivity index (χ0v) is 11.8. The molecule has 0 aliphatic carbocycles. The van der Waals surface area contributed by atoms with Gasteiger partial charge in [-0.25, -0.2) is 0 Å². The van der Waals surface area contributed by atoms with E-state index in [0.717, 1.165) is 38.9 Å². The summed E-state index contributed by atoms with van der Waals surface area (Å²) >= 11 is 0. The van der Waals surface area contributed by atoms with E-state index in [1.807, 2.05) is 4.90 Å². The Balaban J connectivity index is 1.83. The van der Waals surface area contributed by atoms with Gasteiger partial charge in [0.05, 0.1) is 12.0 Å². The first kappa shape index (κ1) is 14.8. The molecule has 2 aliphatic heterocycles. The van der Waals surface area contributed by atoms with Crippen molar-refractivity contribution in [1.29, 1.82) is 5.26 Å². The predicted molar refractivity (Wildman–Crippen MR) is 73.6 cm³/mol. The Hall–Kier alpha value is -1.61. The van der Waals surface area contributed by atoms with Gasteiger partial charge in [0.15, 0.2) is 0 Å². The molecule has 2 rings (SSSR count). The van der Waals surface area contributed by atoms with E-state index >= 15 is 0 Å². The summed E-state index contributed by atoms with van der Waals surface area (Å²) in [6, 6.07) is 2.16. The Morgan fingerprint density at radius 3 is 2.65 bits per heavy atom. The molecule has 0 aromatic heterocycles. The molecule has 6 heteroatoms. The van der Waals surface area contributed by atoms with Gasteiger partial charge in [0.25, 0.3) is 0 Å². The molecule has 0 aromatic rings. The van der Waals surface area contributed by atoms with Crippen LogP contribution in [0.15, 0.2) is 0 Å². The van der Waals surface area contributed by atoms with Crippen molar-refractivity contribution in [1.82, 2.24) is 14.7 Å². The van der Waals surface area contributed by atoms with Crippen LogP contribution in [-0.2, 0) is 9.59 Å². The second kappa shape index (κ2) is 7.25. The number of nitrogens with zero attached hydrogens (tertiary/aromatic N) is 4. The molecule has 2 saturated heterocycles. The van der Waals surface area contributed by atoms with Crippen molar-refractivity contribution in [2.24, 2.45) is 5.92 Å². The first-order chi connectivity index (χ1) is 9.74. The van der Waals surface area contributed by atoms with Crippen molar-refractivity contribution in [3.63, 3.8) is 0 Å². The summed E-state index contributed by atoms with van der Waals surface area (Å²) in [5, 5.41) is 8.64. The molecular weight excluding hydrogens is 256 g/mol. The van der Waals surface area contributed by atoms with E-state index in [9.17, 15) is 9.59 Å². The van der Waals surface area contributed by atoms with Crippen LogP contribution in [0.4, 0.5) is 0 Å². The third-order valence-corrected chi connectivity index (χ3v) is 4.17. The Labute approximate surface area is 119 Å². The van der Waals surface area contributed by atoms with Gasteiger partial charge >= 0.3 is 0 Å². The average Bonchev–Trinajstić information content (AvgIpc) is 2.52. The molecule has 2 fully saturated rings. The molecule has 0 spiro atoms.